The van der Waals surface area contributed by atoms with Crippen molar-refractivity contribution in [1.82, 2.24) is 0 Å². The Morgan fingerprint density at radius 3 is 2.91 bits per heavy atom. The lowest BCUT2D eigenvalue weighted by Crippen LogP contribution is -2.40. The van der Waals surface area contributed by atoms with Crippen LogP contribution in [0.4, 0.5) is 0 Å². The zero-order valence-electron chi connectivity index (χ0n) is 14.2. The summed E-state index contributed by atoms with van der Waals surface area (Å²) in [6, 6.07) is 4.22. The van der Waals surface area contributed by atoms with Crippen LogP contribution in [0.5, 0.6) is 0 Å². The van der Waals surface area contributed by atoms with Gasteiger partial charge in [0.05, 0.1) is 29.8 Å². The van der Waals surface area contributed by atoms with Gasteiger partial charge in [-0.3, -0.25) is 0 Å². The molecule has 2 rings (SSSR count). The number of hydrogen-bond acceptors (Lipinski definition) is 3. The average Bonchev–Trinajstić information content (AvgIpc) is 3.01. The molecule has 0 aliphatic heterocycles. The van der Waals surface area contributed by atoms with Crippen molar-refractivity contribution in [3.05, 3.63) is 22.4 Å². The van der Waals surface area contributed by atoms with Gasteiger partial charge in [-0.05, 0) is 44.2 Å². The second-order valence-electron chi connectivity index (χ2n) is 6.77. The molecule has 2 atom stereocenters. The molecule has 0 amide bonds. The minimum Gasteiger partial charge on any atom is -0.394 e. The highest BCUT2D eigenvalue weighted by molar-refractivity contribution is 7.36. The maximum Gasteiger partial charge on any atom is 0.181 e. The van der Waals surface area contributed by atoms with Gasteiger partial charge in [0.2, 0.25) is 0 Å². The Morgan fingerprint density at radius 1 is 1.39 bits per heavy atom. The number of aliphatic hydroxyl groups excluding tert-OH is 1. The highest BCUT2D eigenvalue weighted by Crippen LogP contribution is 2.26. The Balaban J connectivity index is 1.74. The van der Waals surface area contributed by atoms with Crippen molar-refractivity contribution < 1.29 is 9.84 Å². The molecule has 1 aliphatic rings. The van der Waals surface area contributed by atoms with Crippen LogP contribution >= 0.6 is 10.5 Å². The summed E-state index contributed by atoms with van der Waals surface area (Å²) < 4.78 is 5.90. The molecule has 1 aromatic rings. The molecule has 1 fully saturated rings. The number of hydrogen-bond donors (Lipinski definition) is 2. The fourth-order valence-electron chi connectivity index (χ4n) is 2.80. The van der Waals surface area contributed by atoms with E-state index in [1.807, 2.05) is 6.92 Å². The number of aliphatic hydroxyl groups is 1. The monoisotopic (exact) mass is 336 g/mol. The number of ether oxygens (including phenoxy) is 1. The van der Waals surface area contributed by atoms with Crippen LogP contribution in [-0.2, 0) is 11.2 Å². The van der Waals surface area contributed by atoms with Crippen LogP contribution in [0.2, 0.25) is 0 Å². The Labute approximate surface area is 143 Å². The second kappa shape index (κ2) is 9.44. The van der Waals surface area contributed by atoms with E-state index in [-0.39, 0.29) is 17.1 Å². The number of aryl methyl sites for hydroxylation is 1. The number of nitrogens with two attached hydrogens (primary N) is 1. The Kier molecular flexibility index (Phi) is 7.58. The lowest BCUT2D eigenvalue weighted by Gasteiger charge is -2.21. The highest BCUT2D eigenvalue weighted by atomic mass is 32.2. The summed E-state index contributed by atoms with van der Waals surface area (Å²) in [6.45, 7) is 2.66. The number of thiophene rings is 1. The van der Waals surface area contributed by atoms with Gasteiger partial charge < -0.3 is 15.6 Å². The van der Waals surface area contributed by atoms with Crippen LogP contribution in [0, 0.1) is 11.2 Å². The first-order valence-electron chi connectivity index (χ1n) is 8.71. The quantitative estimate of drug-likeness (QED) is 0.454. The summed E-state index contributed by atoms with van der Waals surface area (Å²) in [4.78, 5) is 1.33. The van der Waals surface area contributed by atoms with Crippen molar-refractivity contribution in [2.75, 3.05) is 13.2 Å². The summed E-state index contributed by atoms with van der Waals surface area (Å²) in [5.41, 5.74) is 5.50. The fourth-order valence-corrected chi connectivity index (χ4v) is 4.22. The van der Waals surface area contributed by atoms with Gasteiger partial charge in [0.1, 0.15) is 0 Å². The molecule has 0 radical (unpaired) electrons. The standard InChI is InChI=1S/C19H30NO2S/c1-19(20,16-21)12-11-18-10-7-15-23(18)14-6-5-13-22-17-8-3-2-4-9-17/h7,10,15,17,21H,2-5,8-9,11-13,16,20H2,1H3/q+1. The van der Waals surface area contributed by atoms with E-state index in [0.29, 0.717) is 6.10 Å². The van der Waals surface area contributed by atoms with Gasteiger partial charge in [-0.2, -0.15) is 0 Å². The van der Waals surface area contributed by atoms with Crippen LogP contribution in [0.1, 0.15) is 56.7 Å². The van der Waals surface area contributed by atoms with Crippen molar-refractivity contribution in [1.29, 1.82) is 0 Å². The van der Waals surface area contributed by atoms with E-state index < -0.39 is 5.54 Å². The van der Waals surface area contributed by atoms with E-state index >= 15 is 0 Å². The SMILES string of the molecule is CC(N)(CO)CCc1ccc[s+]1C#CCCOC1CCCCC1. The molecule has 1 saturated carbocycles. The van der Waals surface area contributed by atoms with E-state index in [4.69, 9.17) is 10.5 Å². The number of rotatable bonds is 7. The van der Waals surface area contributed by atoms with E-state index in [1.165, 1.54) is 37.0 Å². The van der Waals surface area contributed by atoms with Gasteiger partial charge in [-0.15, -0.1) is 0 Å². The molecule has 4 heteroatoms. The first-order valence-corrected chi connectivity index (χ1v) is 10.00. The molecule has 1 aliphatic carbocycles. The molecule has 0 bridgehead atoms. The predicted octanol–water partition coefficient (Wildman–Crippen LogP) is 3.63. The zero-order valence-corrected chi connectivity index (χ0v) is 15.0. The maximum absolute atomic E-state index is 9.24. The van der Waals surface area contributed by atoms with Gasteiger partial charge in [0.25, 0.3) is 0 Å². The third-order valence-corrected chi connectivity index (χ3v) is 6.10. The van der Waals surface area contributed by atoms with E-state index in [9.17, 15) is 5.11 Å². The molecule has 23 heavy (non-hydrogen) atoms. The highest BCUT2D eigenvalue weighted by Gasteiger charge is 2.20. The van der Waals surface area contributed by atoms with Gasteiger partial charge in [0.15, 0.2) is 15.5 Å². The van der Waals surface area contributed by atoms with E-state index in [1.54, 1.807) is 0 Å². The van der Waals surface area contributed by atoms with Crippen LogP contribution in [0.3, 0.4) is 0 Å². The van der Waals surface area contributed by atoms with Crippen molar-refractivity contribution in [2.45, 2.75) is 69.9 Å². The lowest BCUT2D eigenvalue weighted by molar-refractivity contribution is 0.0320. The van der Waals surface area contributed by atoms with Gasteiger partial charge >= 0.3 is 0 Å². The van der Waals surface area contributed by atoms with Crippen molar-refractivity contribution >= 4 is 10.5 Å². The zero-order chi connectivity index (χ0) is 16.5. The fraction of sp³-hybridized carbons (Fsp3) is 0.684. The molecule has 3 nitrogen and oxygen atoms in total. The molecule has 0 aromatic carbocycles. The molecule has 1 aromatic heterocycles. The minimum absolute atomic E-state index is 0.0195. The van der Waals surface area contributed by atoms with Crippen LogP contribution < -0.4 is 5.73 Å². The first kappa shape index (κ1) is 18.5. The van der Waals surface area contributed by atoms with Crippen LogP contribution in [0.25, 0.3) is 0 Å². The third kappa shape index (κ3) is 6.64. The van der Waals surface area contributed by atoms with Crippen molar-refractivity contribution in [3.63, 3.8) is 0 Å². The molecule has 2 unspecified atom stereocenters. The Morgan fingerprint density at radius 2 is 2.17 bits per heavy atom. The maximum atomic E-state index is 9.24. The first-order chi connectivity index (χ1) is 11.1. The molecule has 0 spiro atoms. The summed E-state index contributed by atoms with van der Waals surface area (Å²) in [6.07, 6.45) is 9.39. The molecular formula is C19H30NO2S+. The second-order valence-corrected chi connectivity index (χ2v) is 8.45. The van der Waals surface area contributed by atoms with Crippen molar-refractivity contribution in [2.24, 2.45) is 5.73 Å². The van der Waals surface area contributed by atoms with Crippen molar-refractivity contribution in [3.8, 4) is 11.2 Å². The summed E-state index contributed by atoms with van der Waals surface area (Å²) in [7, 11) is -0.0832. The lowest BCUT2D eigenvalue weighted by atomic mass is 9.98. The summed E-state index contributed by atoms with van der Waals surface area (Å²) in [5.74, 6) is 3.27. The van der Waals surface area contributed by atoms with Gasteiger partial charge in [-0.1, -0.05) is 19.3 Å². The summed E-state index contributed by atoms with van der Waals surface area (Å²) >= 11 is 0. The molecule has 3 N–H and O–H groups in total. The van der Waals surface area contributed by atoms with Crippen LogP contribution in [0.15, 0.2) is 17.5 Å². The summed E-state index contributed by atoms with van der Waals surface area (Å²) in [5, 5.41) is 14.8. The van der Waals surface area contributed by atoms with E-state index in [2.05, 4.69) is 28.7 Å². The Bertz CT molecular complexity index is 521. The van der Waals surface area contributed by atoms with Gasteiger partial charge in [-0.25, -0.2) is 0 Å². The topological polar surface area (TPSA) is 55.5 Å². The molecular weight excluding hydrogens is 306 g/mol. The van der Waals surface area contributed by atoms with E-state index in [0.717, 1.165) is 25.9 Å². The average molecular weight is 337 g/mol. The molecule has 0 saturated heterocycles. The third-order valence-electron chi connectivity index (χ3n) is 4.40. The molecule has 128 valence electrons. The normalized spacial score (nSPS) is 19.0. The largest absolute Gasteiger partial charge is 0.394 e. The minimum atomic E-state index is -0.500. The molecule has 1 heterocycles. The van der Waals surface area contributed by atoms with Crippen LogP contribution in [-0.4, -0.2) is 30.0 Å². The smallest absolute Gasteiger partial charge is 0.181 e. The Hall–Kier alpha value is -0.860. The van der Waals surface area contributed by atoms with Gasteiger partial charge in [0, 0.05) is 18.4 Å². The predicted molar refractivity (Wildman–Crippen MR) is 97.5 cm³/mol.